The smallest absolute Gasteiger partial charge is 0.138 e. The summed E-state index contributed by atoms with van der Waals surface area (Å²) in [4.78, 5) is 4.08. The lowest BCUT2D eigenvalue weighted by molar-refractivity contribution is 0.242. The third-order valence-corrected chi connectivity index (χ3v) is 2.79. The highest BCUT2D eigenvalue weighted by Gasteiger charge is 2.06. The monoisotopic (exact) mass is 260 g/mol. The summed E-state index contributed by atoms with van der Waals surface area (Å²) in [5.41, 5.74) is 1.22. The highest BCUT2D eigenvalue weighted by molar-refractivity contribution is 5.29. The maximum Gasteiger partial charge on any atom is 0.138 e. The molecule has 2 rings (SSSR count). The fraction of sp³-hybridized carbons (Fsp3) is 0.429. The van der Waals surface area contributed by atoms with E-state index in [0.717, 1.165) is 11.6 Å². The van der Waals surface area contributed by atoms with E-state index in [1.807, 2.05) is 26.0 Å². The summed E-state index contributed by atoms with van der Waals surface area (Å²) in [6.45, 7) is 6.84. The van der Waals surface area contributed by atoms with Gasteiger partial charge in [-0.05, 0) is 38.5 Å². The molecular weight excluding hydrogens is 240 g/mol. The number of aromatic amines is 1. The summed E-state index contributed by atoms with van der Waals surface area (Å²) in [5, 5.41) is 10.0. The molecule has 19 heavy (non-hydrogen) atoms. The third kappa shape index (κ3) is 4.06. The molecule has 0 saturated heterocycles. The Balaban J connectivity index is 1.90. The predicted octanol–water partition coefficient (Wildman–Crippen LogP) is 2.44. The largest absolute Gasteiger partial charge is 0.491 e. The van der Waals surface area contributed by atoms with Gasteiger partial charge in [0.25, 0.3) is 0 Å². The summed E-state index contributed by atoms with van der Waals surface area (Å²) in [7, 11) is 0. The molecule has 1 aromatic carbocycles. The van der Waals surface area contributed by atoms with Gasteiger partial charge in [-0.2, -0.15) is 5.10 Å². The zero-order chi connectivity index (χ0) is 13.7. The number of aromatic nitrogens is 3. The molecule has 5 heteroatoms. The van der Waals surface area contributed by atoms with E-state index in [0.29, 0.717) is 6.54 Å². The number of nitrogens with zero attached hydrogens (tertiary/aromatic N) is 2. The van der Waals surface area contributed by atoms with Gasteiger partial charge >= 0.3 is 0 Å². The Hall–Kier alpha value is -1.88. The predicted molar refractivity (Wildman–Crippen MR) is 73.8 cm³/mol. The van der Waals surface area contributed by atoms with Gasteiger partial charge in [0.15, 0.2) is 0 Å². The van der Waals surface area contributed by atoms with Gasteiger partial charge in [0, 0.05) is 6.04 Å². The zero-order valence-corrected chi connectivity index (χ0v) is 11.6. The van der Waals surface area contributed by atoms with Crippen molar-refractivity contribution in [1.82, 2.24) is 20.5 Å². The Morgan fingerprint density at radius 2 is 1.95 bits per heavy atom. The van der Waals surface area contributed by atoms with Crippen molar-refractivity contribution in [2.24, 2.45) is 0 Å². The summed E-state index contributed by atoms with van der Waals surface area (Å²) in [6, 6.07) is 8.41. The van der Waals surface area contributed by atoms with Crippen molar-refractivity contribution in [1.29, 1.82) is 0 Å². The molecule has 102 valence electrons. The molecule has 1 heterocycles. The van der Waals surface area contributed by atoms with Crippen molar-refractivity contribution in [3.05, 3.63) is 42.0 Å². The van der Waals surface area contributed by atoms with Gasteiger partial charge in [-0.15, -0.1) is 0 Å². The lowest BCUT2D eigenvalue weighted by atomic mass is 10.1. The molecular formula is C14H20N4O. The van der Waals surface area contributed by atoms with Crippen LogP contribution >= 0.6 is 0 Å². The second-order valence-corrected chi connectivity index (χ2v) is 4.77. The number of rotatable bonds is 6. The molecule has 0 aliphatic heterocycles. The molecule has 2 N–H and O–H groups in total. The van der Waals surface area contributed by atoms with Crippen molar-refractivity contribution >= 4 is 0 Å². The van der Waals surface area contributed by atoms with Gasteiger partial charge in [-0.3, -0.25) is 5.10 Å². The maximum absolute atomic E-state index is 5.62. The van der Waals surface area contributed by atoms with E-state index in [4.69, 9.17) is 4.74 Å². The minimum atomic E-state index is 0.202. The van der Waals surface area contributed by atoms with Crippen LogP contribution in [0.25, 0.3) is 0 Å². The highest BCUT2D eigenvalue weighted by Crippen LogP contribution is 2.18. The number of ether oxygens (including phenoxy) is 1. The summed E-state index contributed by atoms with van der Waals surface area (Å²) in [6.07, 6.45) is 1.72. The summed E-state index contributed by atoms with van der Waals surface area (Å²) < 4.78 is 5.62. The van der Waals surface area contributed by atoms with Crippen LogP contribution in [0.2, 0.25) is 0 Å². The van der Waals surface area contributed by atoms with Gasteiger partial charge in [0.1, 0.15) is 17.9 Å². The van der Waals surface area contributed by atoms with Crippen LogP contribution in [-0.2, 0) is 6.54 Å². The molecule has 0 radical (unpaired) electrons. The second-order valence-electron chi connectivity index (χ2n) is 4.77. The van der Waals surface area contributed by atoms with Crippen molar-refractivity contribution < 1.29 is 4.74 Å². The molecule has 1 aromatic heterocycles. The van der Waals surface area contributed by atoms with Crippen LogP contribution in [0.3, 0.4) is 0 Å². The van der Waals surface area contributed by atoms with Crippen molar-refractivity contribution in [2.45, 2.75) is 39.5 Å². The van der Waals surface area contributed by atoms with E-state index < -0.39 is 0 Å². The molecule has 5 nitrogen and oxygen atoms in total. The SMILES string of the molecule is CC(C)Oc1ccc(C(C)NCc2ncn[nH]2)cc1. The quantitative estimate of drug-likeness (QED) is 0.837. The Morgan fingerprint density at radius 1 is 1.21 bits per heavy atom. The van der Waals surface area contributed by atoms with Crippen LogP contribution in [-0.4, -0.2) is 21.3 Å². The van der Waals surface area contributed by atoms with E-state index in [-0.39, 0.29) is 12.1 Å². The molecule has 1 unspecified atom stereocenters. The average Bonchev–Trinajstić information content (AvgIpc) is 2.89. The van der Waals surface area contributed by atoms with E-state index in [2.05, 4.69) is 39.6 Å². The normalized spacial score (nSPS) is 12.6. The van der Waals surface area contributed by atoms with Crippen LogP contribution in [0.15, 0.2) is 30.6 Å². The number of benzene rings is 1. The lowest BCUT2D eigenvalue weighted by Gasteiger charge is -2.15. The fourth-order valence-corrected chi connectivity index (χ4v) is 1.79. The third-order valence-electron chi connectivity index (χ3n) is 2.79. The van der Waals surface area contributed by atoms with Crippen molar-refractivity contribution in [3.8, 4) is 5.75 Å². The molecule has 0 aliphatic rings. The molecule has 0 saturated carbocycles. The molecule has 1 atom stereocenters. The first-order valence-corrected chi connectivity index (χ1v) is 6.49. The first kappa shape index (κ1) is 13.5. The molecule has 0 bridgehead atoms. The molecule has 0 amide bonds. The topological polar surface area (TPSA) is 62.8 Å². The number of hydrogen-bond donors (Lipinski definition) is 2. The fourth-order valence-electron chi connectivity index (χ4n) is 1.79. The number of nitrogens with one attached hydrogen (secondary N) is 2. The Labute approximate surface area is 113 Å². The van der Waals surface area contributed by atoms with Crippen molar-refractivity contribution in [2.75, 3.05) is 0 Å². The minimum Gasteiger partial charge on any atom is -0.491 e. The first-order valence-electron chi connectivity index (χ1n) is 6.49. The van der Waals surface area contributed by atoms with E-state index >= 15 is 0 Å². The second kappa shape index (κ2) is 6.33. The summed E-state index contributed by atoms with van der Waals surface area (Å²) >= 11 is 0. The molecule has 0 spiro atoms. The van der Waals surface area contributed by atoms with Gasteiger partial charge in [-0.1, -0.05) is 12.1 Å². The van der Waals surface area contributed by atoms with Gasteiger partial charge in [-0.25, -0.2) is 4.98 Å². The van der Waals surface area contributed by atoms with Gasteiger partial charge in [0.05, 0.1) is 12.6 Å². The number of hydrogen-bond acceptors (Lipinski definition) is 4. The van der Waals surface area contributed by atoms with E-state index in [1.54, 1.807) is 0 Å². The average molecular weight is 260 g/mol. The lowest BCUT2D eigenvalue weighted by Crippen LogP contribution is -2.18. The first-order chi connectivity index (χ1) is 9.15. The number of H-pyrrole nitrogens is 1. The van der Waals surface area contributed by atoms with Crippen LogP contribution in [0.1, 0.15) is 38.2 Å². The molecule has 0 aliphatic carbocycles. The van der Waals surface area contributed by atoms with Crippen LogP contribution < -0.4 is 10.1 Å². The van der Waals surface area contributed by atoms with Crippen molar-refractivity contribution in [3.63, 3.8) is 0 Å². The Kier molecular flexibility index (Phi) is 4.52. The van der Waals surface area contributed by atoms with Gasteiger partial charge in [0.2, 0.25) is 0 Å². The highest BCUT2D eigenvalue weighted by atomic mass is 16.5. The van der Waals surface area contributed by atoms with Crippen LogP contribution in [0.5, 0.6) is 5.75 Å². The summed E-state index contributed by atoms with van der Waals surface area (Å²) in [5.74, 6) is 1.74. The minimum absolute atomic E-state index is 0.202. The van der Waals surface area contributed by atoms with Crippen LogP contribution in [0.4, 0.5) is 0 Å². The maximum atomic E-state index is 5.62. The van der Waals surface area contributed by atoms with E-state index in [9.17, 15) is 0 Å². The van der Waals surface area contributed by atoms with Crippen LogP contribution in [0, 0.1) is 0 Å². The Bertz CT molecular complexity index is 479. The molecule has 0 fully saturated rings. The van der Waals surface area contributed by atoms with Gasteiger partial charge < -0.3 is 10.1 Å². The van der Waals surface area contributed by atoms with E-state index in [1.165, 1.54) is 11.9 Å². The zero-order valence-electron chi connectivity index (χ0n) is 11.6. The Morgan fingerprint density at radius 3 is 2.53 bits per heavy atom. The standard InChI is InChI=1S/C14H20N4O/c1-10(2)19-13-6-4-12(5-7-13)11(3)15-8-14-16-9-17-18-14/h4-7,9-11,15H,8H2,1-3H3,(H,16,17,18). The molecule has 2 aromatic rings.